The van der Waals surface area contributed by atoms with E-state index >= 15 is 0 Å². The van der Waals surface area contributed by atoms with E-state index in [2.05, 4.69) is 17.2 Å². The number of carbonyl (C=O) groups is 2. The summed E-state index contributed by atoms with van der Waals surface area (Å²) in [7, 11) is 0. The predicted octanol–water partition coefficient (Wildman–Crippen LogP) is 1.50. The number of amides is 2. The molecule has 21 heavy (non-hydrogen) atoms. The second-order valence-electron chi connectivity index (χ2n) is 5.00. The molecule has 0 spiro atoms. The van der Waals surface area contributed by atoms with Crippen molar-refractivity contribution in [2.75, 3.05) is 24.6 Å². The van der Waals surface area contributed by atoms with Gasteiger partial charge in [0.25, 0.3) is 5.91 Å². The van der Waals surface area contributed by atoms with E-state index in [1.807, 2.05) is 0 Å². The van der Waals surface area contributed by atoms with Crippen molar-refractivity contribution in [3.8, 4) is 5.75 Å². The second-order valence-corrected chi connectivity index (χ2v) is 5.00. The fraction of sp³-hybridized carbons (Fsp3) is 0.533. The molecule has 114 valence electrons. The highest BCUT2D eigenvalue weighted by atomic mass is 16.5. The maximum absolute atomic E-state index is 11.9. The number of anilines is 1. The summed E-state index contributed by atoms with van der Waals surface area (Å²) >= 11 is 0. The Morgan fingerprint density at radius 2 is 2.29 bits per heavy atom. The summed E-state index contributed by atoms with van der Waals surface area (Å²) in [4.78, 5) is 29.3. The van der Waals surface area contributed by atoms with E-state index in [0.29, 0.717) is 18.1 Å². The van der Waals surface area contributed by atoms with Crippen LogP contribution in [0.1, 0.15) is 32.6 Å². The number of hydrogen-bond donors (Lipinski definition) is 1. The maximum Gasteiger partial charge on any atom is 0.266 e. The molecule has 2 heterocycles. The molecule has 0 fully saturated rings. The molecule has 0 bridgehead atoms. The summed E-state index contributed by atoms with van der Waals surface area (Å²) in [5, 5.41) is 2.84. The molecule has 0 aromatic carbocycles. The van der Waals surface area contributed by atoms with Crippen LogP contribution >= 0.6 is 0 Å². The number of carbonyl (C=O) groups excluding carboxylic acids is 2. The zero-order chi connectivity index (χ0) is 15.1. The molecule has 0 saturated carbocycles. The lowest BCUT2D eigenvalue weighted by Gasteiger charge is -2.27. The smallest absolute Gasteiger partial charge is 0.266 e. The van der Waals surface area contributed by atoms with E-state index in [1.165, 1.54) is 17.7 Å². The van der Waals surface area contributed by atoms with Gasteiger partial charge in [-0.25, -0.2) is 4.98 Å². The number of nitrogens with zero attached hydrogens (tertiary/aromatic N) is 2. The van der Waals surface area contributed by atoms with Crippen molar-refractivity contribution in [2.24, 2.45) is 0 Å². The zero-order valence-electron chi connectivity index (χ0n) is 12.3. The van der Waals surface area contributed by atoms with Crippen LogP contribution in [0.25, 0.3) is 0 Å². The predicted molar refractivity (Wildman–Crippen MR) is 79.2 cm³/mol. The van der Waals surface area contributed by atoms with Crippen LogP contribution in [0.15, 0.2) is 18.3 Å². The highest BCUT2D eigenvalue weighted by molar-refractivity contribution is 6.01. The van der Waals surface area contributed by atoms with Crippen molar-refractivity contribution in [2.45, 2.75) is 32.6 Å². The molecule has 0 unspecified atom stereocenters. The van der Waals surface area contributed by atoms with E-state index in [1.54, 1.807) is 18.3 Å². The van der Waals surface area contributed by atoms with Gasteiger partial charge in [0, 0.05) is 12.7 Å². The summed E-state index contributed by atoms with van der Waals surface area (Å²) < 4.78 is 5.29. The summed E-state index contributed by atoms with van der Waals surface area (Å²) in [6.45, 7) is 2.72. The fourth-order valence-corrected chi connectivity index (χ4v) is 2.18. The van der Waals surface area contributed by atoms with Gasteiger partial charge in [-0.05, 0) is 18.6 Å². The molecular weight excluding hydrogens is 270 g/mol. The molecule has 6 heteroatoms. The third-order valence-electron chi connectivity index (χ3n) is 3.31. The average Bonchev–Trinajstić information content (AvgIpc) is 2.50. The molecule has 0 aliphatic carbocycles. The van der Waals surface area contributed by atoms with Gasteiger partial charge in [0.2, 0.25) is 5.91 Å². The van der Waals surface area contributed by atoms with E-state index in [-0.39, 0.29) is 25.0 Å². The topological polar surface area (TPSA) is 71.5 Å². The fourth-order valence-electron chi connectivity index (χ4n) is 2.18. The Kier molecular flexibility index (Phi) is 5.54. The minimum atomic E-state index is -0.248. The van der Waals surface area contributed by atoms with Crippen LogP contribution in [0.3, 0.4) is 0 Å². The first-order chi connectivity index (χ1) is 10.2. The standard InChI is InChI=1S/C15H21N3O3/c1-2-3-4-5-8-16-13(19)10-18-14(20)11-21-12-7-6-9-17-15(12)18/h6-7,9H,2-5,8,10-11H2,1H3,(H,16,19). The Balaban J connectivity index is 1.87. The zero-order valence-corrected chi connectivity index (χ0v) is 12.3. The lowest BCUT2D eigenvalue weighted by atomic mass is 10.2. The van der Waals surface area contributed by atoms with Gasteiger partial charge in [0.05, 0.1) is 0 Å². The van der Waals surface area contributed by atoms with Gasteiger partial charge in [-0.2, -0.15) is 0 Å². The van der Waals surface area contributed by atoms with Gasteiger partial charge < -0.3 is 10.1 Å². The first-order valence-corrected chi connectivity index (χ1v) is 7.37. The number of fused-ring (bicyclic) bond motifs is 1. The van der Waals surface area contributed by atoms with E-state index in [0.717, 1.165) is 12.8 Å². The molecule has 1 aliphatic rings. The first-order valence-electron chi connectivity index (χ1n) is 7.37. The van der Waals surface area contributed by atoms with Crippen molar-refractivity contribution in [3.63, 3.8) is 0 Å². The molecule has 1 aromatic rings. The molecule has 0 atom stereocenters. The van der Waals surface area contributed by atoms with Crippen LogP contribution in [0.5, 0.6) is 5.75 Å². The monoisotopic (exact) mass is 291 g/mol. The summed E-state index contributed by atoms with van der Waals surface area (Å²) in [5.41, 5.74) is 0. The number of rotatable bonds is 7. The van der Waals surface area contributed by atoms with Gasteiger partial charge in [0.1, 0.15) is 6.54 Å². The van der Waals surface area contributed by atoms with Crippen LogP contribution in [0, 0.1) is 0 Å². The molecule has 1 N–H and O–H groups in total. The highest BCUT2D eigenvalue weighted by Crippen LogP contribution is 2.28. The van der Waals surface area contributed by atoms with Crippen molar-refractivity contribution in [1.29, 1.82) is 0 Å². The first kappa shape index (κ1) is 15.3. The number of nitrogens with one attached hydrogen (secondary N) is 1. The SMILES string of the molecule is CCCCCCNC(=O)CN1C(=O)COc2cccnc21. The lowest BCUT2D eigenvalue weighted by Crippen LogP contribution is -2.45. The van der Waals surface area contributed by atoms with Crippen molar-refractivity contribution in [1.82, 2.24) is 10.3 Å². The Morgan fingerprint density at radius 3 is 3.10 bits per heavy atom. The Bertz CT molecular complexity index is 505. The minimum absolute atomic E-state index is 0.0139. The second kappa shape index (κ2) is 7.61. The quantitative estimate of drug-likeness (QED) is 0.773. The van der Waals surface area contributed by atoms with Gasteiger partial charge in [-0.3, -0.25) is 14.5 Å². The number of pyridine rings is 1. The third kappa shape index (κ3) is 4.18. The molecule has 0 radical (unpaired) electrons. The highest BCUT2D eigenvalue weighted by Gasteiger charge is 2.28. The normalized spacial score (nSPS) is 13.6. The molecule has 2 amide bonds. The molecule has 6 nitrogen and oxygen atoms in total. The molecular formula is C15H21N3O3. The van der Waals surface area contributed by atoms with Crippen molar-refractivity contribution in [3.05, 3.63) is 18.3 Å². The van der Waals surface area contributed by atoms with Crippen LogP contribution in [0.2, 0.25) is 0 Å². The van der Waals surface area contributed by atoms with Crippen LogP contribution in [-0.4, -0.2) is 36.5 Å². The number of aromatic nitrogens is 1. The van der Waals surface area contributed by atoms with Crippen LogP contribution in [0.4, 0.5) is 5.82 Å². The molecule has 0 saturated heterocycles. The summed E-state index contributed by atoms with van der Waals surface area (Å²) in [6, 6.07) is 3.48. The van der Waals surface area contributed by atoms with Gasteiger partial charge in [-0.15, -0.1) is 0 Å². The Hall–Kier alpha value is -2.11. The van der Waals surface area contributed by atoms with Crippen molar-refractivity contribution >= 4 is 17.6 Å². The van der Waals surface area contributed by atoms with E-state index in [9.17, 15) is 9.59 Å². The number of unbranched alkanes of at least 4 members (excludes halogenated alkanes) is 3. The Labute approximate surface area is 124 Å². The largest absolute Gasteiger partial charge is 0.480 e. The number of hydrogen-bond acceptors (Lipinski definition) is 4. The van der Waals surface area contributed by atoms with Crippen LogP contribution in [-0.2, 0) is 9.59 Å². The molecule has 1 aromatic heterocycles. The van der Waals surface area contributed by atoms with Gasteiger partial charge in [-0.1, -0.05) is 26.2 Å². The van der Waals surface area contributed by atoms with Crippen molar-refractivity contribution < 1.29 is 14.3 Å². The van der Waals surface area contributed by atoms with Crippen LogP contribution < -0.4 is 15.0 Å². The Morgan fingerprint density at radius 1 is 1.43 bits per heavy atom. The molecule has 1 aliphatic heterocycles. The number of ether oxygens (including phenoxy) is 1. The van der Waals surface area contributed by atoms with E-state index < -0.39 is 0 Å². The summed E-state index contributed by atoms with van der Waals surface area (Å²) in [5.74, 6) is 0.531. The average molecular weight is 291 g/mol. The minimum Gasteiger partial charge on any atom is -0.480 e. The van der Waals surface area contributed by atoms with Gasteiger partial charge in [0.15, 0.2) is 18.2 Å². The lowest BCUT2D eigenvalue weighted by molar-refractivity contribution is -0.125. The van der Waals surface area contributed by atoms with Gasteiger partial charge >= 0.3 is 0 Å². The van der Waals surface area contributed by atoms with E-state index in [4.69, 9.17) is 4.74 Å². The summed E-state index contributed by atoms with van der Waals surface area (Å²) in [6.07, 6.45) is 5.99. The molecule has 2 rings (SSSR count). The maximum atomic E-state index is 11.9. The third-order valence-corrected chi connectivity index (χ3v) is 3.31.